The van der Waals surface area contributed by atoms with Crippen molar-refractivity contribution in [2.45, 2.75) is 118 Å². The fourth-order valence-electron chi connectivity index (χ4n) is 11.2. The van der Waals surface area contributed by atoms with Crippen molar-refractivity contribution in [2.75, 3.05) is 0 Å². The van der Waals surface area contributed by atoms with Crippen LogP contribution in [0.4, 0.5) is 0 Å². The number of hydrogen-bond acceptors (Lipinski definition) is 3. The van der Waals surface area contributed by atoms with Gasteiger partial charge in [0, 0.05) is 11.8 Å². The zero-order chi connectivity index (χ0) is 25.8. The molecule has 5 aliphatic rings. The third-order valence-corrected chi connectivity index (χ3v) is 13.7. The largest absolute Gasteiger partial charge is 0.481 e. The lowest BCUT2D eigenvalue weighted by molar-refractivity contribution is -0.210. The molecular formula is C31H50O4. The van der Waals surface area contributed by atoms with Crippen molar-refractivity contribution in [3.05, 3.63) is 12.2 Å². The van der Waals surface area contributed by atoms with E-state index >= 15 is 0 Å². The van der Waals surface area contributed by atoms with Gasteiger partial charge in [-0.2, -0.15) is 0 Å². The SMILES string of the molecule is C=C(CC[C@@H](C)C1CC[C@@]2(C)[C@@H]3CC[C@H]4[C@](C)(C(=O)O)[C@@H](O)C[C@H](O)[C@@]45CC35CC[C@]12C)C(C)C. The van der Waals surface area contributed by atoms with E-state index in [0.29, 0.717) is 23.2 Å². The van der Waals surface area contributed by atoms with Crippen LogP contribution in [0.3, 0.4) is 0 Å². The first-order chi connectivity index (χ1) is 16.2. The molecule has 0 aromatic heterocycles. The zero-order valence-corrected chi connectivity index (χ0v) is 23.1. The van der Waals surface area contributed by atoms with E-state index in [1.807, 2.05) is 0 Å². The first-order valence-corrected chi connectivity index (χ1v) is 14.5. The van der Waals surface area contributed by atoms with Crippen LogP contribution in [-0.4, -0.2) is 33.5 Å². The van der Waals surface area contributed by atoms with Gasteiger partial charge in [0.05, 0.1) is 17.6 Å². The summed E-state index contributed by atoms with van der Waals surface area (Å²) in [6, 6.07) is 0. The van der Waals surface area contributed by atoms with Gasteiger partial charge in [0.25, 0.3) is 0 Å². The van der Waals surface area contributed by atoms with Crippen molar-refractivity contribution < 1.29 is 20.1 Å². The zero-order valence-electron chi connectivity index (χ0n) is 23.1. The third-order valence-electron chi connectivity index (χ3n) is 13.7. The Balaban J connectivity index is 1.43. The lowest BCUT2D eigenvalue weighted by Gasteiger charge is -2.63. The minimum absolute atomic E-state index is 0.0600. The van der Waals surface area contributed by atoms with Gasteiger partial charge in [0.2, 0.25) is 0 Å². The molecule has 0 radical (unpaired) electrons. The number of carboxylic acids is 1. The van der Waals surface area contributed by atoms with E-state index in [9.17, 15) is 20.1 Å². The maximum Gasteiger partial charge on any atom is 0.312 e. The Kier molecular flexibility index (Phi) is 5.76. The molecule has 5 aliphatic carbocycles. The van der Waals surface area contributed by atoms with Crippen molar-refractivity contribution in [3.63, 3.8) is 0 Å². The number of aliphatic hydroxyl groups is 2. The predicted octanol–water partition coefficient (Wildman–Crippen LogP) is 6.45. The van der Waals surface area contributed by atoms with Gasteiger partial charge in [-0.05, 0) is 111 Å². The molecular weight excluding hydrogens is 436 g/mol. The van der Waals surface area contributed by atoms with E-state index < -0.39 is 23.6 Å². The summed E-state index contributed by atoms with van der Waals surface area (Å²) in [6.45, 7) is 18.2. The number of aliphatic hydroxyl groups excluding tert-OH is 2. The molecule has 0 saturated heterocycles. The van der Waals surface area contributed by atoms with E-state index in [1.165, 1.54) is 31.3 Å². The number of rotatable bonds is 6. The summed E-state index contributed by atoms with van der Waals surface area (Å²) in [5.41, 5.74) is 0.506. The van der Waals surface area contributed by atoms with Crippen LogP contribution < -0.4 is 0 Å². The van der Waals surface area contributed by atoms with Gasteiger partial charge in [-0.25, -0.2) is 0 Å². The lowest BCUT2D eigenvalue weighted by atomic mass is 9.41. The standard InChI is InChI=1S/C31H50O4/c1-18(2)19(3)8-9-20(4)21-12-13-28(6)22-10-11-23-29(7,26(34)35)24(32)16-25(33)31(23)17-30(22,31)15-14-27(21,28)5/h18,20-25,32-33H,3,8-17H2,1-2,4-7H3,(H,34,35)/t20-,21?,22+,23+,24+,25+,27-,28+,29+,30?,31-/m1/s1. The van der Waals surface area contributed by atoms with Crippen LogP contribution in [0.25, 0.3) is 0 Å². The summed E-state index contributed by atoms with van der Waals surface area (Å²) in [5.74, 6) is 1.50. The monoisotopic (exact) mass is 486 g/mol. The second-order valence-corrected chi connectivity index (χ2v) is 14.7. The van der Waals surface area contributed by atoms with Crippen LogP contribution in [0.15, 0.2) is 12.2 Å². The Labute approximate surface area is 213 Å². The number of fused-ring (bicyclic) bond motifs is 2. The summed E-state index contributed by atoms with van der Waals surface area (Å²) < 4.78 is 0. The van der Waals surface area contributed by atoms with E-state index in [2.05, 4.69) is 41.2 Å². The molecule has 0 aromatic rings. The average molecular weight is 487 g/mol. The minimum Gasteiger partial charge on any atom is -0.481 e. The van der Waals surface area contributed by atoms with E-state index in [0.717, 1.165) is 38.0 Å². The van der Waals surface area contributed by atoms with Crippen molar-refractivity contribution in [3.8, 4) is 0 Å². The Bertz CT molecular complexity index is 912. The average Bonchev–Trinajstić information content (AvgIpc) is 3.40. The smallest absolute Gasteiger partial charge is 0.312 e. The molecule has 0 amide bonds. The molecule has 198 valence electrons. The summed E-state index contributed by atoms with van der Waals surface area (Å²) >= 11 is 0. The fourth-order valence-corrected chi connectivity index (χ4v) is 11.2. The van der Waals surface area contributed by atoms with Crippen LogP contribution in [0.5, 0.6) is 0 Å². The van der Waals surface area contributed by atoms with Gasteiger partial charge >= 0.3 is 5.97 Å². The summed E-state index contributed by atoms with van der Waals surface area (Å²) in [6.07, 6.45) is 8.70. The summed E-state index contributed by atoms with van der Waals surface area (Å²) in [4.78, 5) is 12.5. The molecule has 5 rings (SSSR count). The van der Waals surface area contributed by atoms with Crippen molar-refractivity contribution in [2.24, 2.45) is 56.7 Å². The van der Waals surface area contributed by atoms with Gasteiger partial charge in [-0.3, -0.25) is 4.79 Å². The second kappa shape index (κ2) is 7.82. The van der Waals surface area contributed by atoms with Gasteiger partial charge in [-0.1, -0.05) is 46.8 Å². The Morgan fingerprint density at radius 3 is 2.23 bits per heavy atom. The summed E-state index contributed by atoms with van der Waals surface area (Å²) in [5, 5.41) is 32.5. The van der Waals surface area contributed by atoms with Gasteiger partial charge in [0.1, 0.15) is 0 Å². The predicted molar refractivity (Wildman–Crippen MR) is 139 cm³/mol. The molecule has 3 N–H and O–H groups in total. The van der Waals surface area contributed by atoms with Crippen LogP contribution in [0.1, 0.15) is 106 Å². The normalized spacial score (nSPS) is 53.2. The number of carbonyl (C=O) groups is 1. The lowest BCUT2D eigenvalue weighted by Crippen LogP contribution is -2.63. The molecule has 4 nitrogen and oxygen atoms in total. The van der Waals surface area contributed by atoms with Crippen molar-refractivity contribution in [1.82, 2.24) is 0 Å². The second-order valence-electron chi connectivity index (χ2n) is 14.7. The highest BCUT2D eigenvalue weighted by molar-refractivity contribution is 5.76. The van der Waals surface area contributed by atoms with E-state index in [-0.39, 0.29) is 28.6 Å². The molecule has 5 saturated carbocycles. The van der Waals surface area contributed by atoms with E-state index in [4.69, 9.17) is 0 Å². The highest BCUT2D eigenvalue weighted by atomic mass is 16.4. The van der Waals surface area contributed by atoms with Crippen LogP contribution in [0.2, 0.25) is 0 Å². The Morgan fingerprint density at radius 1 is 0.943 bits per heavy atom. The Morgan fingerprint density at radius 2 is 1.60 bits per heavy atom. The highest BCUT2D eigenvalue weighted by Gasteiger charge is 2.85. The molecule has 35 heavy (non-hydrogen) atoms. The number of carboxylic acid groups (broad SMARTS) is 1. The maximum atomic E-state index is 12.5. The van der Waals surface area contributed by atoms with E-state index in [1.54, 1.807) is 6.92 Å². The molecule has 0 heterocycles. The van der Waals surface area contributed by atoms with Crippen molar-refractivity contribution in [1.29, 1.82) is 0 Å². The first kappa shape index (κ1) is 25.8. The molecule has 11 atom stereocenters. The van der Waals surface area contributed by atoms with Crippen molar-refractivity contribution >= 4 is 5.97 Å². The molecule has 4 heteroatoms. The molecule has 5 fully saturated rings. The topological polar surface area (TPSA) is 77.8 Å². The third kappa shape index (κ3) is 2.96. The molecule has 0 aromatic carbocycles. The van der Waals surface area contributed by atoms with Crippen LogP contribution in [0, 0.1) is 56.7 Å². The minimum atomic E-state index is -1.15. The molecule has 0 aliphatic heterocycles. The highest BCUT2D eigenvalue weighted by Crippen LogP contribution is 2.89. The van der Waals surface area contributed by atoms with Crippen LogP contribution in [-0.2, 0) is 4.79 Å². The first-order valence-electron chi connectivity index (χ1n) is 14.5. The molecule has 0 bridgehead atoms. The maximum absolute atomic E-state index is 12.5. The molecule has 2 unspecified atom stereocenters. The van der Waals surface area contributed by atoms with Gasteiger partial charge < -0.3 is 15.3 Å². The van der Waals surface area contributed by atoms with Gasteiger partial charge in [-0.15, -0.1) is 0 Å². The Hall–Kier alpha value is -0.870. The summed E-state index contributed by atoms with van der Waals surface area (Å²) in [7, 11) is 0. The quantitative estimate of drug-likeness (QED) is 0.377. The number of hydrogen-bond donors (Lipinski definition) is 3. The van der Waals surface area contributed by atoms with Gasteiger partial charge in [0.15, 0.2) is 0 Å². The van der Waals surface area contributed by atoms with Crippen LogP contribution >= 0.6 is 0 Å². The number of allylic oxidation sites excluding steroid dienone is 1. The number of aliphatic carboxylic acids is 1. The molecule has 2 spiro atoms. The fraction of sp³-hybridized carbons (Fsp3) is 0.903.